The second-order valence-corrected chi connectivity index (χ2v) is 5.43. The second kappa shape index (κ2) is 7.09. The second-order valence-electron chi connectivity index (χ2n) is 4.65. The van der Waals surface area contributed by atoms with Gasteiger partial charge in [0.25, 0.3) is 0 Å². The first-order chi connectivity index (χ1) is 9.74. The molecule has 0 aliphatic carbocycles. The molecule has 0 radical (unpaired) electrons. The third-order valence-corrected chi connectivity index (χ3v) is 3.90. The summed E-state index contributed by atoms with van der Waals surface area (Å²) in [6, 6.07) is 11.8. The lowest BCUT2D eigenvalue weighted by molar-refractivity contribution is 0.171. The molecule has 0 aliphatic rings. The van der Waals surface area contributed by atoms with E-state index in [1.54, 1.807) is 11.3 Å². The maximum absolute atomic E-state index is 8.67. The summed E-state index contributed by atoms with van der Waals surface area (Å²) in [6.45, 7) is 2.06. The van der Waals surface area contributed by atoms with E-state index in [0.29, 0.717) is 6.42 Å². The van der Waals surface area contributed by atoms with Crippen LogP contribution in [0.4, 0.5) is 0 Å². The largest absolute Gasteiger partial charge is 0.484 e. The van der Waals surface area contributed by atoms with Crippen LogP contribution in [0, 0.1) is 11.3 Å². The first-order valence-electron chi connectivity index (χ1n) is 6.64. The Hall–Kier alpha value is -1.83. The summed E-state index contributed by atoms with van der Waals surface area (Å²) in [5, 5.41) is 12.8. The SMILES string of the molecule is CCC(N)C(Oc1ccc(CC#N)cc1)c1ccsc1. The minimum Gasteiger partial charge on any atom is -0.484 e. The van der Waals surface area contributed by atoms with Gasteiger partial charge in [0.1, 0.15) is 11.9 Å². The molecule has 104 valence electrons. The van der Waals surface area contributed by atoms with Gasteiger partial charge in [-0.15, -0.1) is 0 Å². The maximum atomic E-state index is 8.67. The molecule has 4 heteroatoms. The van der Waals surface area contributed by atoms with E-state index < -0.39 is 0 Å². The third-order valence-electron chi connectivity index (χ3n) is 3.20. The predicted octanol–water partition coefficient (Wildman–Crippen LogP) is 3.67. The summed E-state index contributed by atoms with van der Waals surface area (Å²) in [5.74, 6) is 0.784. The number of rotatable bonds is 6. The molecule has 0 bridgehead atoms. The van der Waals surface area contributed by atoms with Crippen molar-refractivity contribution in [3.63, 3.8) is 0 Å². The normalized spacial score (nSPS) is 13.4. The third kappa shape index (κ3) is 3.60. The van der Waals surface area contributed by atoms with Gasteiger partial charge in [-0.2, -0.15) is 16.6 Å². The van der Waals surface area contributed by atoms with Gasteiger partial charge in [0.05, 0.1) is 12.5 Å². The van der Waals surface area contributed by atoms with E-state index in [2.05, 4.69) is 24.4 Å². The molecule has 0 fully saturated rings. The Morgan fingerprint density at radius 1 is 1.30 bits per heavy atom. The first kappa shape index (κ1) is 14.6. The molecular formula is C16H18N2OS. The van der Waals surface area contributed by atoms with Crippen molar-refractivity contribution in [1.82, 2.24) is 0 Å². The Labute approximate surface area is 123 Å². The van der Waals surface area contributed by atoms with Crippen LogP contribution in [0.3, 0.4) is 0 Å². The molecule has 1 aromatic heterocycles. The minimum absolute atomic E-state index is 0.0385. The topological polar surface area (TPSA) is 59.0 Å². The van der Waals surface area contributed by atoms with Gasteiger partial charge < -0.3 is 10.5 Å². The Kier molecular flexibility index (Phi) is 5.16. The van der Waals surface area contributed by atoms with Crippen LogP contribution in [-0.2, 0) is 6.42 Å². The number of benzene rings is 1. The highest BCUT2D eigenvalue weighted by Crippen LogP contribution is 2.27. The number of ether oxygens (including phenoxy) is 1. The van der Waals surface area contributed by atoms with Crippen molar-refractivity contribution < 1.29 is 4.74 Å². The molecule has 2 atom stereocenters. The highest BCUT2D eigenvalue weighted by Gasteiger charge is 2.20. The molecular weight excluding hydrogens is 268 g/mol. The lowest BCUT2D eigenvalue weighted by Gasteiger charge is -2.23. The molecule has 2 unspecified atom stereocenters. The fourth-order valence-electron chi connectivity index (χ4n) is 1.98. The Morgan fingerprint density at radius 3 is 2.60 bits per heavy atom. The van der Waals surface area contributed by atoms with Crippen molar-refractivity contribution in [1.29, 1.82) is 5.26 Å². The Balaban J connectivity index is 2.14. The van der Waals surface area contributed by atoms with Crippen molar-refractivity contribution in [2.24, 2.45) is 5.73 Å². The number of nitrogens with two attached hydrogens (primary N) is 1. The molecule has 2 rings (SSSR count). The zero-order valence-corrected chi connectivity index (χ0v) is 12.3. The Morgan fingerprint density at radius 2 is 2.05 bits per heavy atom. The number of hydrogen-bond acceptors (Lipinski definition) is 4. The smallest absolute Gasteiger partial charge is 0.140 e. The van der Waals surface area contributed by atoms with Crippen molar-refractivity contribution in [3.05, 3.63) is 52.2 Å². The highest BCUT2D eigenvalue weighted by molar-refractivity contribution is 7.07. The van der Waals surface area contributed by atoms with E-state index in [1.807, 2.05) is 29.6 Å². The number of hydrogen-bond donors (Lipinski definition) is 1. The molecule has 3 nitrogen and oxygen atoms in total. The van der Waals surface area contributed by atoms with Gasteiger partial charge in [-0.25, -0.2) is 0 Å². The van der Waals surface area contributed by atoms with Gasteiger partial charge in [0.2, 0.25) is 0 Å². The number of nitrogens with zero attached hydrogens (tertiary/aromatic N) is 1. The summed E-state index contributed by atoms with van der Waals surface area (Å²) >= 11 is 1.64. The van der Waals surface area contributed by atoms with Crippen LogP contribution in [0.25, 0.3) is 0 Å². The lowest BCUT2D eigenvalue weighted by Crippen LogP contribution is -2.31. The van der Waals surface area contributed by atoms with Gasteiger partial charge in [-0.1, -0.05) is 19.1 Å². The van der Waals surface area contributed by atoms with Crippen LogP contribution >= 0.6 is 11.3 Å². The fraction of sp³-hybridized carbons (Fsp3) is 0.312. The van der Waals surface area contributed by atoms with Gasteiger partial charge in [-0.05, 0) is 40.9 Å². The molecule has 0 saturated heterocycles. The average molecular weight is 286 g/mol. The summed E-state index contributed by atoms with van der Waals surface area (Å²) in [7, 11) is 0. The van der Waals surface area contributed by atoms with Gasteiger partial charge in [-0.3, -0.25) is 0 Å². The van der Waals surface area contributed by atoms with Crippen LogP contribution in [-0.4, -0.2) is 6.04 Å². The number of nitriles is 1. The van der Waals surface area contributed by atoms with E-state index >= 15 is 0 Å². The summed E-state index contributed by atoms with van der Waals surface area (Å²) < 4.78 is 6.04. The molecule has 0 aliphatic heterocycles. The van der Waals surface area contributed by atoms with Crippen LogP contribution in [0.5, 0.6) is 5.75 Å². The molecule has 1 heterocycles. The van der Waals surface area contributed by atoms with E-state index in [0.717, 1.165) is 23.3 Å². The maximum Gasteiger partial charge on any atom is 0.140 e. The quantitative estimate of drug-likeness (QED) is 0.881. The summed E-state index contributed by atoms with van der Waals surface area (Å²) in [5.41, 5.74) is 8.28. The molecule has 0 amide bonds. The molecule has 20 heavy (non-hydrogen) atoms. The molecule has 0 spiro atoms. The monoisotopic (exact) mass is 286 g/mol. The molecule has 1 aromatic carbocycles. The van der Waals surface area contributed by atoms with Crippen molar-refractivity contribution in [2.75, 3.05) is 0 Å². The zero-order chi connectivity index (χ0) is 14.4. The standard InChI is InChI=1S/C16H18N2OS/c1-2-15(18)16(13-8-10-20-11-13)19-14-5-3-12(4-6-14)7-9-17/h3-6,8,10-11,15-16H,2,7,18H2,1H3. The average Bonchev–Trinajstić information content (AvgIpc) is 3.00. The zero-order valence-electron chi connectivity index (χ0n) is 11.5. The van der Waals surface area contributed by atoms with Crippen molar-refractivity contribution >= 4 is 11.3 Å². The lowest BCUT2D eigenvalue weighted by atomic mass is 10.0. The summed E-state index contributed by atoms with van der Waals surface area (Å²) in [6.07, 6.45) is 1.14. The van der Waals surface area contributed by atoms with E-state index in [4.69, 9.17) is 15.7 Å². The Bertz CT molecular complexity index is 557. The van der Waals surface area contributed by atoms with Crippen LogP contribution in [0.2, 0.25) is 0 Å². The van der Waals surface area contributed by atoms with Crippen molar-refractivity contribution in [2.45, 2.75) is 31.9 Å². The fourth-order valence-corrected chi connectivity index (χ4v) is 2.66. The highest BCUT2D eigenvalue weighted by atomic mass is 32.1. The van der Waals surface area contributed by atoms with Crippen molar-refractivity contribution in [3.8, 4) is 11.8 Å². The molecule has 2 N–H and O–H groups in total. The van der Waals surface area contributed by atoms with Crippen LogP contribution < -0.4 is 10.5 Å². The van der Waals surface area contributed by atoms with Gasteiger partial charge >= 0.3 is 0 Å². The van der Waals surface area contributed by atoms with Gasteiger partial charge in [0, 0.05) is 11.6 Å². The van der Waals surface area contributed by atoms with E-state index in [-0.39, 0.29) is 12.1 Å². The predicted molar refractivity (Wildman–Crippen MR) is 81.7 cm³/mol. The first-order valence-corrected chi connectivity index (χ1v) is 7.59. The minimum atomic E-state index is -0.131. The molecule has 0 saturated carbocycles. The summed E-state index contributed by atoms with van der Waals surface area (Å²) in [4.78, 5) is 0. The molecule has 2 aromatic rings. The number of thiophene rings is 1. The van der Waals surface area contributed by atoms with E-state index in [1.165, 1.54) is 0 Å². The van der Waals surface area contributed by atoms with Crippen LogP contribution in [0.1, 0.15) is 30.6 Å². The van der Waals surface area contributed by atoms with E-state index in [9.17, 15) is 0 Å². The van der Waals surface area contributed by atoms with Gasteiger partial charge in [0.15, 0.2) is 0 Å². The van der Waals surface area contributed by atoms with Crippen LogP contribution in [0.15, 0.2) is 41.1 Å².